The van der Waals surface area contributed by atoms with Gasteiger partial charge in [-0.25, -0.2) is 0 Å². The number of pyridine rings is 1. The van der Waals surface area contributed by atoms with Crippen LogP contribution in [0.5, 0.6) is 0 Å². The molecule has 0 fully saturated rings. The Morgan fingerprint density at radius 2 is 2.00 bits per heavy atom. The van der Waals surface area contributed by atoms with E-state index < -0.39 is 5.41 Å². The number of esters is 1. The SMILES string of the molecule is [B]c1ccc2c(c1)c(CC(C)(C)C(=O)OCC)c(-c1cccnc1C(C)OC)n2CC. The zero-order valence-electron chi connectivity index (χ0n) is 19.4. The largest absolute Gasteiger partial charge is 0.466 e. The predicted octanol–water partition coefficient (Wildman–Crippen LogP) is 4.36. The first-order chi connectivity index (χ1) is 14.7. The average molecular weight is 418 g/mol. The highest BCUT2D eigenvalue weighted by atomic mass is 16.5. The summed E-state index contributed by atoms with van der Waals surface area (Å²) in [5.74, 6) is -0.209. The normalized spacial score (nSPS) is 12.8. The quantitative estimate of drug-likeness (QED) is 0.403. The van der Waals surface area contributed by atoms with Crippen LogP contribution in [-0.4, -0.2) is 37.1 Å². The van der Waals surface area contributed by atoms with Gasteiger partial charge in [-0.2, -0.15) is 0 Å². The average Bonchev–Trinajstić information content (AvgIpc) is 3.05. The molecule has 2 heterocycles. The molecule has 162 valence electrons. The van der Waals surface area contributed by atoms with Gasteiger partial charge in [-0.1, -0.05) is 17.6 Å². The molecule has 5 nitrogen and oxygen atoms in total. The third-order valence-electron chi connectivity index (χ3n) is 5.79. The van der Waals surface area contributed by atoms with Crippen LogP contribution in [0.1, 0.15) is 52.0 Å². The smallest absolute Gasteiger partial charge is 0.311 e. The zero-order valence-corrected chi connectivity index (χ0v) is 19.4. The Bertz CT molecular complexity index is 1090. The summed E-state index contributed by atoms with van der Waals surface area (Å²) in [5, 5.41) is 1.05. The molecule has 0 N–H and O–H groups in total. The molecule has 1 unspecified atom stereocenters. The number of aryl methyl sites for hydroxylation is 1. The molecule has 3 aromatic rings. The van der Waals surface area contributed by atoms with Gasteiger partial charge in [-0.15, -0.1) is 0 Å². The molecule has 0 spiro atoms. The first-order valence-electron chi connectivity index (χ1n) is 10.8. The summed E-state index contributed by atoms with van der Waals surface area (Å²) in [7, 11) is 7.85. The van der Waals surface area contributed by atoms with Crippen molar-refractivity contribution >= 4 is 30.2 Å². The van der Waals surface area contributed by atoms with Crippen molar-refractivity contribution in [2.45, 2.75) is 53.7 Å². The summed E-state index contributed by atoms with van der Waals surface area (Å²) in [4.78, 5) is 17.4. The maximum absolute atomic E-state index is 12.7. The molecule has 1 atom stereocenters. The Morgan fingerprint density at radius 3 is 2.65 bits per heavy atom. The van der Waals surface area contributed by atoms with Crippen molar-refractivity contribution in [3.05, 3.63) is 47.8 Å². The lowest BCUT2D eigenvalue weighted by atomic mass is 9.83. The molecular formula is C25H31BN2O3. The topological polar surface area (TPSA) is 53.4 Å². The van der Waals surface area contributed by atoms with Crippen LogP contribution in [0.15, 0.2) is 36.5 Å². The molecule has 31 heavy (non-hydrogen) atoms. The number of hydrogen-bond donors (Lipinski definition) is 0. The van der Waals surface area contributed by atoms with Crippen LogP contribution < -0.4 is 5.46 Å². The van der Waals surface area contributed by atoms with Gasteiger partial charge in [0, 0.05) is 36.3 Å². The molecule has 0 saturated carbocycles. The van der Waals surface area contributed by atoms with E-state index in [2.05, 4.69) is 22.5 Å². The van der Waals surface area contributed by atoms with Crippen molar-refractivity contribution in [1.82, 2.24) is 9.55 Å². The number of hydrogen-bond acceptors (Lipinski definition) is 4. The van der Waals surface area contributed by atoms with Crippen LogP contribution in [0.2, 0.25) is 0 Å². The van der Waals surface area contributed by atoms with Gasteiger partial charge in [-0.3, -0.25) is 9.78 Å². The van der Waals surface area contributed by atoms with E-state index in [9.17, 15) is 4.79 Å². The molecule has 6 heteroatoms. The van der Waals surface area contributed by atoms with Crippen molar-refractivity contribution in [3.8, 4) is 11.3 Å². The molecule has 0 bridgehead atoms. The van der Waals surface area contributed by atoms with Crippen molar-refractivity contribution < 1.29 is 14.3 Å². The number of methoxy groups -OCH3 is 1. The van der Waals surface area contributed by atoms with Gasteiger partial charge in [0.25, 0.3) is 0 Å². The van der Waals surface area contributed by atoms with E-state index in [-0.39, 0.29) is 12.1 Å². The third-order valence-corrected chi connectivity index (χ3v) is 5.79. The van der Waals surface area contributed by atoms with Crippen molar-refractivity contribution in [2.24, 2.45) is 5.41 Å². The summed E-state index contributed by atoms with van der Waals surface area (Å²) in [6, 6.07) is 9.97. The number of nitrogens with zero attached hydrogens (tertiary/aromatic N) is 2. The Morgan fingerprint density at radius 1 is 1.26 bits per heavy atom. The first kappa shape index (κ1) is 23.1. The molecule has 3 rings (SSSR count). The highest BCUT2D eigenvalue weighted by Crippen LogP contribution is 2.40. The number of benzene rings is 1. The van der Waals surface area contributed by atoms with Gasteiger partial charge in [0.1, 0.15) is 7.85 Å². The lowest BCUT2D eigenvalue weighted by molar-refractivity contribution is -0.153. The molecule has 0 saturated heterocycles. The molecular weight excluding hydrogens is 387 g/mol. The minimum absolute atomic E-state index is 0.171. The van der Waals surface area contributed by atoms with Crippen LogP contribution in [0.3, 0.4) is 0 Å². The van der Waals surface area contributed by atoms with Crippen molar-refractivity contribution in [2.75, 3.05) is 13.7 Å². The van der Waals surface area contributed by atoms with Crippen molar-refractivity contribution in [1.29, 1.82) is 0 Å². The first-order valence-corrected chi connectivity index (χ1v) is 10.8. The number of aromatic nitrogens is 2. The van der Waals surface area contributed by atoms with Crippen LogP contribution in [0, 0.1) is 5.41 Å². The second-order valence-corrected chi connectivity index (χ2v) is 8.44. The number of rotatable bonds is 8. The van der Waals surface area contributed by atoms with E-state index >= 15 is 0 Å². The monoisotopic (exact) mass is 418 g/mol. The van der Waals surface area contributed by atoms with Gasteiger partial charge >= 0.3 is 5.97 Å². The van der Waals surface area contributed by atoms with E-state index in [1.807, 2.05) is 52.0 Å². The van der Waals surface area contributed by atoms with Gasteiger partial charge < -0.3 is 14.0 Å². The molecule has 1 aromatic carbocycles. The summed E-state index contributed by atoms with van der Waals surface area (Å²) >= 11 is 0. The highest BCUT2D eigenvalue weighted by Gasteiger charge is 2.33. The fraction of sp³-hybridized carbons (Fsp3) is 0.440. The summed E-state index contributed by atoms with van der Waals surface area (Å²) in [6.45, 7) is 10.9. The number of ether oxygens (including phenoxy) is 2. The highest BCUT2D eigenvalue weighted by molar-refractivity contribution is 6.33. The van der Waals surface area contributed by atoms with Gasteiger partial charge in [-0.05, 0) is 64.8 Å². The van der Waals surface area contributed by atoms with Crippen molar-refractivity contribution in [3.63, 3.8) is 0 Å². The van der Waals surface area contributed by atoms with Gasteiger partial charge in [0.05, 0.1) is 29.5 Å². The van der Waals surface area contributed by atoms with Crippen LogP contribution in [-0.2, 0) is 27.2 Å². The standard InChI is InChI=1S/C25H31BN2O3/c1-7-28-21-12-11-17(26)14-19(21)20(15-25(4,5)24(29)31-8-2)23(28)18-10-9-13-27-22(18)16(3)30-6/h9-14,16H,7-8,15H2,1-6H3. The third kappa shape index (κ3) is 4.40. The fourth-order valence-corrected chi connectivity index (χ4v) is 4.15. The molecule has 0 aliphatic carbocycles. The second-order valence-electron chi connectivity index (χ2n) is 8.44. The maximum atomic E-state index is 12.7. The summed E-state index contributed by atoms with van der Waals surface area (Å²) in [5.41, 5.74) is 5.07. The van der Waals surface area contributed by atoms with Crippen LogP contribution in [0.4, 0.5) is 0 Å². The second kappa shape index (κ2) is 9.27. The number of carbonyl (C=O) groups is 1. The van der Waals surface area contributed by atoms with Crippen LogP contribution >= 0.6 is 0 Å². The number of fused-ring (bicyclic) bond motifs is 1. The van der Waals surface area contributed by atoms with E-state index in [1.165, 1.54) is 0 Å². The van der Waals surface area contributed by atoms with E-state index in [1.54, 1.807) is 13.3 Å². The summed E-state index contributed by atoms with van der Waals surface area (Å²) in [6.07, 6.45) is 2.13. The fourth-order valence-electron chi connectivity index (χ4n) is 4.15. The maximum Gasteiger partial charge on any atom is 0.311 e. The minimum Gasteiger partial charge on any atom is -0.466 e. The Hall–Kier alpha value is -2.60. The Labute approximate surface area is 186 Å². The Kier molecular flexibility index (Phi) is 6.90. The Balaban J connectivity index is 2.34. The zero-order chi connectivity index (χ0) is 22.8. The summed E-state index contributed by atoms with van der Waals surface area (Å²) < 4.78 is 13.3. The molecule has 0 aliphatic heterocycles. The minimum atomic E-state index is -0.697. The molecule has 0 aliphatic rings. The molecule has 0 amide bonds. The van der Waals surface area contributed by atoms with E-state index in [0.29, 0.717) is 18.5 Å². The van der Waals surface area contributed by atoms with Gasteiger partial charge in [0.2, 0.25) is 0 Å². The molecule has 2 aromatic heterocycles. The van der Waals surface area contributed by atoms with E-state index in [0.717, 1.165) is 40.0 Å². The van der Waals surface area contributed by atoms with Crippen LogP contribution in [0.25, 0.3) is 22.2 Å². The lowest BCUT2D eigenvalue weighted by Crippen LogP contribution is -2.29. The van der Waals surface area contributed by atoms with E-state index in [4.69, 9.17) is 17.3 Å². The molecule has 2 radical (unpaired) electrons. The predicted molar refractivity (Wildman–Crippen MR) is 126 cm³/mol. The number of carbonyl (C=O) groups excluding carboxylic acids is 1. The lowest BCUT2D eigenvalue weighted by Gasteiger charge is -2.24. The van der Waals surface area contributed by atoms with Gasteiger partial charge in [0.15, 0.2) is 0 Å².